The van der Waals surface area contributed by atoms with Gasteiger partial charge >= 0.3 is 12.2 Å². The Hall–Kier alpha value is -6.61. The summed E-state index contributed by atoms with van der Waals surface area (Å²) in [7, 11) is 0. The molecule has 55 heavy (non-hydrogen) atoms. The minimum atomic E-state index is -0.543. The van der Waals surface area contributed by atoms with E-state index in [0.717, 1.165) is 36.1 Å². The Kier molecular flexibility index (Phi) is 18.2. The lowest BCUT2D eigenvalue weighted by molar-refractivity contribution is 0.0503. The Bertz CT molecular complexity index is 2200. The number of ether oxygens (including phenoxy) is 2. The summed E-state index contributed by atoms with van der Waals surface area (Å²) in [5.74, 6) is 14.5. The maximum absolute atomic E-state index is 11.8. The van der Waals surface area contributed by atoms with Crippen molar-refractivity contribution in [2.24, 2.45) is 0 Å². The molecule has 6 aromatic rings. The minimum absolute atomic E-state index is 0. The molecule has 0 saturated carbocycles. The summed E-state index contributed by atoms with van der Waals surface area (Å²) in [5.41, 5.74) is 3.41. The Balaban J connectivity index is 0.000000264. The second-order valence-corrected chi connectivity index (χ2v) is 13.9. The standard InChI is InChI=1S/C16H16N2O2.C11H8N2.C8H11BrN2O2.C8H6.CH4/c1-16(2,3)20-15(19)18-12-14(11-17-18)10-9-13-7-5-4-6-8-13;1-2-4-10(5-3-1)6-7-11-8-12-13-9-11;1-8(2,3)13-7(12)11-5-6(9)4-10-11;1-2-8-6-4-3-5-7-8;/h4-8,11-12H,1-3H3;1-5,8-9H,(H,12,13);4-5H,1-3H3;1,3-7H;1H4. The van der Waals surface area contributed by atoms with Crippen molar-refractivity contribution >= 4 is 28.1 Å². The smallest absolute Gasteiger partial charge is 0.435 e. The summed E-state index contributed by atoms with van der Waals surface area (Å²) in [5, 5.41) is 14.3. The lowest BCUT2D eigenvalue weighted by Crippen LogP contribution is -2.27. The molecule has 0 aliphatic heterocycles. The van der Waals surface area contributed by atoms with Crippen molar-refractivity contribution in [3.8, 4) is 36.0 Å². The van der Waals surface area contributed by atoms with Crippen molar-refractivity contribution in [1.29, 1.82) is 0 Å². The van der Waals surface area contributed by atoms with Gasteiger partial charge in [-0.25, -0.2) is 9.59 Å². The number of hydrogen-bond donors (Lipinski definition) is 1. The van der Waals surface area contributed by atoms with Crippen LogP contribution in [0.3, 0.4) is 0 Å². The summed E-state index contributed by atoms with van der Waals surface area (Å²) in [4.78, 5) is 23.1. The molecule has 0 unspecified atom stereocenters. The number of hydrogen-bond acceptors (Lipinski definition) is 7. The van der Waals surface area contributed by atoms with Crippen LogP contribution in [0, 0.1) is 36.0 Å². The van der Waals surface area contributed by atoms with Gasteiger partial charge in [0.15, 0.2) is 0 Å². The van der Waals surface area contributed by atoms with Crippen LogP contribution in [0.15, 0.2) is 133 Å². The highest BCUT2D eigenvalue weighted by Crippen LogP contribution is 2.11. The van der Waals surface area contributed by atoms with Gasteiger partial charge in [-0.15, -0.1) is 6.42 Å². The molecule has 0 spiro atoms. The van der Waals surface area contributed by atoms with Gasteiger partial charge < -0.3 is 9.47 Å². The Labute approximate surface area is 332 Å². The molecule has 0 amide bonds. The molecule has 0 radical (unpaired) electrons. The van der Waals surface area contributed by atoms with E-state index in [0.29, 0.717) is 5.56 Å². The summed E-state index contributed by atoms with van der Waals surface area (Å²) < 4.78 is 13.3. The monoisotopic (exact) mass is 800 g/mol. The lowest BCUT2D eigenvalue weighted by Gasteiger charge is -2.18. The zero-order chi connectivity index (χ0) is 39.4. The number of halogens is 1. The third kappa shape index (κ3) is 18.6. The SMILES string of the molecule is C.C#Cc1ccccc1.C(#Cc1cn[nH]c1)c1ccccc1.CC(C)(C)OC(=O)n1cc(Br)cn1.CC(C)(C)OC(=O)n1cc(C#Cc2ccccc2)cn1. The molecular weight excluding hydrogens is 756 g/mol. The van der Waals surface area contributed by atoms with Crippen LogP contribution in [-0.4, -0.2) is 53.1 Å². The molecule has 0 atom stereocenters. The maximum atomic E-state index is 11.8. The molecule has 0 aliphatic carbocycles. The number of terminal acetylenes is 1. The lowest BCUT2D eigenvalue weighted by atomic mass is 10.2. The average Bonchev–Trinajstić information content (AvgIpc) is 3.94. The summed E-state index contributed by atoms with van der Waals surface area (Å²) in [6.07, 6.45) is 13.8. The van der Waals surface area contributed by atoms with Gasteiger partial charge in [0, 0.05) is 22.9 Å². The van der Waals surface area contributed by atoms with Crippen LogP contribution in [-0.2, 0) is 9.47 Å². The molecule has 3 aromatic heterocycles. The maximum Gasteiger partial charge on any atom is 0.435 e. The molecule has 0 bridgehead atoms. The number of benzene rings is 3. The number of nitrogens with one attached hydrogen (secondary N) is 1. The van der Waals surface area contributed by atoms with E-state index < -0.39 is 23.4 Å². The number of nitrogens with zero attached hydrogens (tertiary/aromatic N) is 5. The summed E-state index contributed by atoms with van der Waals surface area (Å²) >= 11 is 3.19. The van der Waals surface area contributed by atoms with Crippen molar-refractivity contribution in [2.75, 3.05) is 0 Å². The first-order chi connectivity index (χ1) is 25.7. The molecule has 0 saturated heterocycles. The van der Waals surface area contributed by atoms with Crippen LogP contribution in [0.4, 0.5) is 9.59 Å². The highest BCUT2D eigenvalue weighted by atomic mass is 79.9. The molecular formula is C44H45BrN6O4. The van der Waals surface area contributed by atoms with Gasteiger partial charge in [-0.2, -0.15) is 24.7 Å². The number of rotatable bonds is 0. The molecule has 0 fully saturated rings. The van der Waals surface area contributed by atoms with Crippen molar-refractivity contribution < 1.29 is 19.1 Å². The van der Waals surface area contributed by atoms with E-state index in [1.807, 2.05) is 133 Å². The largest absolute Gasteiger partial charge is 0.442 e. The highest BCUT2D eigenvalue weighted by molar-refractivity contribution is 9.10. The van der Waals surface area contributed by atoms with E-state index in [2.05, 4.69) is 65.9 Å². The van der Waals surface area contributed by atoms with Crippen molar-refractivity contribution in [3.63, 3.8) is 0 Å². The van der Waals surface area contributed by atoms with Gasteiger partial charge in [0.1, 0.15) is 11.2 Å². The second-order valence-electron chi connectivity index (χ2n) is 13.0. The molecule has 0 aliphatic rings. The Morgan fingerprint density at radius 2 is 1.04 bits per heavy atom. The van der Waals surface area contributed by atoms with Gasteiger partial charge in [0.25, 0.3) is 0 Å². The molecule has 282 valence electrons. The topological polar surface area (TPSA) is 117 Å². The minimum Gasteiger partial charge on any atom is -0.442 e. The first kappa shape index (κ1) is 44.6. The Morgan fingerprint density at radius 1 is 0.618 bits per heavy atom. The van der Waals surface area contributed by atoms with Crippen LogP contribution in [0.1, 0.15) is 76.8 Å². The molecule has 10 nitrogen and oxygen atoms in total. The quantitative estimate of drug-likeness (QED) is 0.152. The molecule has 3 heterocycles. The van der Waals surface area contributed by atoms with Crippen LogP contribution >= 0.6 is 15.9 Å². The second kappa shape index (κ2) is 22.5. The van der Waals surface area contributed by atoms with E-state index >= 15 is 0 Å². The molecule has 3 aromatic carbocycles. The third-order valence-electron chi connectivity index (χ3n) is 5.98. The van der Waals surface area contributed by atoms with Gasteiger partial charge in [0.05, 0.1) is 46.6 Å². The number of carbonyl (C=O) groups excluding carboxylic acids is 2. The van der Waals surface area contributed by atoms with Gasteiger partial charge in [0.2, 0.25) is 0 Å². The number of aromatic amines is 1. The van der Waals surface area contributed by atoms with Gasteiger partial charge in [-0.05, 0) is 93.9 Å². The van der Waals surface area contributed by atoms with Crippen molar-refractivity contribution in [3.05, 3.63) is 160 Å². The summed E-state index contributed by atoms with van der Waals surface area (Å²) in [6, 6.07) is 29.1. The zero-order valence-corrected chi connectivity index (χ0v) is 32.5. The van der Waals surface area contributed by atoms with E-state index in [4.69, 9.17) is 15.9 Å². The van der Waals surface area contributed by atoms with E-state index in [9.17, 15) is 9.59 Å². The zero-order valence-electron chi connectivity index (χ0n) is 30.9. The van der Waals surface area contributed by atoms with Crippen LogP contribution in [0.25, 0.3) is 0 Å². The van der Waals surface area contributed by atoms with E-state index in [1.165, 1.54) is 6.20 Å². The Morgan fingerprint density at radius 3 is 1.42 bits per heavy atom. The normalized spacial score (nSPS) is 9.78. The third-order valence-corrected chi connectivity index (χ3v) is 6.39. The first-order valence-corrected chi connectivity index (χ1v) is 17.4. The average molecular weight is 802 g/mol. The predicted octanol–water partition coefficient (Wildman–Crippen LogP) is 9.61. The van der Waals surface area contributed by atoms with Crippen molar-refractivity contribution in [2.45, 2.75) is 60.2 Å². The van der Waals surface area contributed by atoms with E-state index in [1.54, 1.807) is 31.0 Å². The first-order valence-electron chi connectivity index (χ1n) is 16.6. The molecule has 11 heteroatoms. The fraction of sp³-hybridized carbons (Fsp3) is 0.205. The summed E-state index contributed by atoms with van der Waals surface area (Å²) in [6.45, 7) is 10.9. The van der Waals surface area contributed by atoms with Crippen molar-refractivity contribution in [1.82, 2.24) is 29.8 Å². The van der Waals surface area contributed by atoms with Gasteiger partial charge in [-0.3, -0.25) is 5.10 Å². The predicted molar refractivity (Wildman–Crippen MR) is 220 cm³/mol. The molecule has 6 rings (SSSR count). The van der Waals surface area contributed by atoms with Crippen LogP contribution in [0.2, 0.25) is 0 Å². The number of carbonyl (C=O) groups is 2. The fourth-order valence-electron chi connectivity index (χ4n) is 3.69. The fourth-order valence-corrected chi connectivity index (χ4v) is 3.98. The van der Waals surface area contributed by atoms with E-state index in [-0.39, 0.29) is 7.43 Å². The van der Waals surface area contributed by atoms with Gasteiger partial charge in [-0.1, -0.05) is 91.6 Å². The van der Waals surface area contributed by atoms with Crippen LogP contribution < -0.4 is 0 Å². The highest BCUT2D eigenvalue weighted by Gasteiger charge is 2.19. The van der Waals surface area contributed by atoms with Crippen LogP contribution in [0.5, 0.6) is 0 Å². The number of aromatic nitrogens is 6. The molecule has 1 N–H and O–H groups in total. The number of H-pyrrole nitrogens is 1.